The second-order valence-electron chi connectivity index (χ2n) is 6.95. The minimum absolute atomic E-state index is 0.265. The molecule has 0 radical (unpaired) electrons. The molecule has 2 amide bonds. The fraction of sp³-hybridized carbons (Fsp3) is 0.0833. The molecule has 0 saturated carbocycles. The lowest BCUT2D eigenvalue weighted by molar-refractivity contribution is -0.113. The number of methoxy groups -OCH3 is 1. The molecule has 0 atom stereocenters. The Morgan fingerprint density at radius 2 is 1.82 bits per heavy atom. The zero-order valence-corrected chi connectivity index (χ0v) is 21.1. The van der Waals surface area contributed by atoms with E-state index in [9.17, 15) is 9.59 Å². The van der Waals surface area contributed by atoms with Crippen molar-refractivity contribution in [2.45, 2.75) is 6.61 Å². The van der Waals surface area contributed by atoms with E-state index >= 15 is 0 Å². The number of rotatable bonds is 6. The molecule has 1 aliphatic heterocycles. The van der Waals surface area contributed by atoms with Gasteiger partial charge in [-0.2, -0.15) is 0 Å². The highest BCUT2D eigenvalue weighted by Gasteiger charge is 2.36. The smallest absolute Gasteiger partial charge is 0.298 e. The Morgan fingerprint density at radius 3 is 2.52 bits per heavy atom. The van der Waals surface area contributed by atoms with Crippen LogP contribution in [0.15, 0.2) is 70.0 Å². The van der Waals surface area contributed by atoms with Crippen molar-refractivity contribution in [3.63, 3.8) is 0 Å². The van der Waals surface area contributed by atoms with Gasteiger partial charge in [0.15, 0.2) is 11.5 Å². The largest absolute Gasteiger partial charge is 0.493 e. The highest BCUT2D eigenvalue weighted by atomic mass is 79.9. The van der Waals surface area contributed by atoms with Crippen LogP contribution in [-0.2, 0) is 11.4 Å². The zero-order valence-electron chi connectivity index (χ0n) is 17.2. The van der Waals surface area contributed by atoms with E-state index in [4.69, 9.17) is 32.7 Å². The molecule has 168 valence electrons. The second-order valence-corrected chi connectivity index (χ2v) is 9.70. The molecule has 0 spiro atoms. The van der Waals surface area contributed by atoms with Crippen molar-refractivity contribution in [1.82, 2.24) is 0 Å². The number of hydrogen-bond donors (Lipinski definition) is 0. The Hall–Kier alpha value is -2.45. The molecule has 3 aromatic carbocycles. The molecular weight excluding hydrogens is 549 g/mol. The van der Waals surface area contributed by atoms with Crippen molar-refractivity contribution in [1.29, 1.82) is 0 Å². The van der Waals surface area contributed by atoms with E-state index in [2.05, 4.69) is 15.9 Å². The van der Waals surface area contributed by atoms with Crippen LogP contribution < -0.4 is 14.4 Å². The normalized spacial score (nSPS) is 14.8. The predicted molar refractivity (Wildman–Crippen MR) is 136 cm³/mol. The first kappa shape index (κ1) is 23.7. The van der Waals surface area contributed by atoms with Gasteiger partial charge in [-0.05, 0) is 71.4 Å². The van der Waals surface area contributed by atoms with E-state index < -0.39 is 11.1 Å². The molecule has 5 nitrogen and oxygen atoms in total. The molecule has 0 bridgehead atoms. The van der Waals surface area contributed by atoms with Crippen LogP contribution >= 0.6 is 50.9 Å². The molecule has 1 heterocycles. The standard InChI is InChI=1S/C24H16BrCl2NO4S/c1-31-20-10-15(9-19(27)22(20)32-13-14-5-7-16(25)8-6-14)11-21-23(29)28(24(30)33-21)18-4-2-3-17(26)12-18/h2-12H,13H2,1H3/b21-11+. The number of hydrogen-bond acceptors (Lipinski definition) is 5. The number of carbonyl (C=O) groups is 2. The molecule has 0 aliphatic carbocycles. The minimum atomic E-state index is -0.432. The summed E-state index contributed by atoms with van der Waals surface area (Å²) in [4.78, 5) is 26.8. The van der Waals surface area contributed by atoms with Gasteiger partial charge in [0.05, 0.1) is 22.7 Å². The van der Waals surface area contributed by atoms with Gasteiger partial charge in [0.1, 0.15) is 6.61 Å². The monoisotopic (exact) mass is 563 g/mol. The fourth-order valence-corrected chi connectivity index (χ4v) is 4.72. The van der Waals surface area contributed by atoms with Crippen LogP contribution in [0.2, 0.25) is 10.0 Å². The summed E-state index contributed by atoms with van der Waals surface area (Å²) in [5, 5.41) is 0.360. The van der Waals surface area contributed by atoms with Crippen LogP contribution in [0.1, 0.15) is 11.1 Å². The molecule has 0 N–H and O–H groups in total. The zero-order chi connectivity index (χ0) is 23.5. The lowest BCUT2D eigenvalue weighted by atomic mass is 10.1. The van der Waals surface area contributed by atoms with Crippen LogP contribution in [0, 0.1) is 0 Å². The molecule has 1 fully saturated rings. The van der Waals surface area contributed by atoms with Crippen LogP contribution in [0.4, 0.5) is 10.5 Å². The van der Waals surface area contributed by atoms with Crippen molar-refractivity contribution in [2.75, 3.05) is 12.0 Å². The Kier molecular flexibility index (Phi) is 7.34. The number of ether oxygens (including phenoxy) is 2. The molecule has 0 unspecified atom stereocenters. The Balaban J connectivity index is 1.58. The number of halogens is 3. The number of amides is 2. The summed E-state index contributed by atoms with van der Waals surface area (Å²) in [6, 6.07) is 17.7. The van der Waals surface area contributed by atoms with Gasteiger partial charge in [0, 0.05) is 9.50 Å². The molecule has 9 heteroatoms. The van der Waals surface area contributed by atoms with Crippen LogP contribution in [0.3, 0.4) is 0 Å². The third-order valence-corrected chi connectivity index (χ3v) is 6.62. The van der Waals surface area contributed by atoms with E-state index in [0.29, 0.717) is 39.4 Å². The van der Waals surface area contributed by atoms with E-state index in [1.165, 1.54) is 7.11 Å². The van der Waals surface area contributed by atoms with Crippen molar-refractivity contribution in [2.24, 2.45) is 0 Å². The predicted octanol–water partition coefficient (Wildman–Crippen LogP) is 7.58. The van der Waals surface area contributed by atoms with Gasteiger partial charge in [0.2, 0.25) is 0 Å². The number of carbonyl (C=O) groups excluding carboxylic acids is 2. The van der Waals surface area contributed by atoms with Gasteiger partial charge in [0.25, 0.3) is 11.1 Å². The maximum Gasteiger partial charge on any atom is 0.298 e. The van der Waals surface area contributed by atoms with Gasteiger partial charge in [-0.15, -0.1) is 0 Å². The average molecular weight is 565 g/mol. The van der Waals surface area contributed by atoms with E-state index in [1.807, 2.05) is 24.3 Å². The summed E-state index contributed by atoms with van der Waals surface area (Å²) in [6.07, 6.45) is 1.60. The maximum absolute atomic E-state index is 12.9. The van der Waals surface area contributed by atoms with Crippen LogP contribution in [0.25, 0.3) is 6.08 Å². The van der Waals surface area contributed by atoms with Gasteiger partial charge in [-0.1, -0.05) is 57.3 Å². The van der Waals surface area contributed by atoms with Gasteiger partial charge in [-0.25, -0.2) is 4.90 Å². The first-order chi connectivity index (χ1) is 15.9. The first-order valence-corrected chi connectivity index (χ1v) is 12.0. The Bertz CT molecular complexity index is 1260. The minimum Gasteiger partial charge on any atom is -0.493 e. The van der Waals surface area contributed by atoms with E-state index in [1.54, 1.807) is 42.5 Å². The van der Waals surface area contributed by atoms with E-state index in [-0.39, 0.29) is 4.91 Å². The Morgan fingerprint density at radius 1 is 1.06 bits per heavy atom. The SMILES string of the molecule is COc1cc(/C=C2/SC(=O)N(c3cccc(Cl)c3)C2=O)cc(Cl)c1OCc1ccc(Br)cc1. The quantitative estimate of drug-likeness (QED) is 0.289. The molecule has 4 rings (SSSR count). The molecular formula is C24H16BrCl2NO4S. The molecule has 0 aromatic heterocycles. The van der Waals surface area contributed by atoms with E-state index in [0.717, 1.165) is 26.7 Å². The molecule has 1 saturated heterocycles. The number of imide groups is 1. The van der Waals surface area contributed by atoms with Crippen molar-refractivity contribution < 1.29 is 19.1 Å². The summed E-state index contributed by atoms with van der Waals surface area (Å²) >= 11 is 16.7. The number of thioether (sulfide) groups is 1. The van der Waals surface area contributed by atoms with Gasteiger partial charge < -0.3 is 9.47 Å². The van der Waals surface area contributed by atoms with Gasteiger partial charge in [-0.3, -0.25) is 9.59 Å². The third kappa shape index (κ3) is 5.38. The topological polar surface area (TPSA) is 55.8 Å². The summed E-state index contributed by atoms with van der Waals surface area (Å²) < 4.78 is 12.3. The number of nitrogens with zero attached hydrogens (tertiary/aromatic N) is 1. The highest BCUT2D eigenvalue weighted by molar-refractivity contribution is 9.10. The summed E-state index contributed by atoms with van der Waals surface area (Å²) in [5.41, 5.74) is 1.99. The maximum atomic E-state index is 12.9. The lowest BCUT2D eigenvalue weighted by Gasteiger charge is -2.14. The fourth-order valence-electron chi connectivity index (χ4n) is 3.16. The highest BCUT2D eigenvalue weighted by Crippen LogP contribution is 2.40. The molecule has 1 aliphatic rings. The van der Waals surface area contributed by atoms with Crippen molar-refractivity contribution >= 4 is 73.8 Å². The summed E-state index contributed by atoms with van der Waals surface area (Å²) in [6.45, 7) is 0.307. The summed E-state index contributed by atoms with van der Waals surface area (Å²) in [5.74, 6) is 0.379. The molecule has 33 heavy (non-hydrogen) atoms. The first-order valence-electron chi connectivity index (χ1n) is 9.64. The number of anilines is 1. The van der Waals surface area contributed by atoms with Gasteiger partial charge >= 0.3 is 0 Å². The molecule has 3 aromatic rings. The summed E-state index contributed by atoms with van der Waals surface area (Å²) in [7, 11) is 1.51. The Labute approximate surface area is 213 Å². The lowest BCUT2D eigenvalue weighted by Crippen LogP contribution is -2.27. The van der Waals surface area contributed by atoms with Crippen molar-refractivity contribution in [3.8, 4) is 11.5 Å². The number of benzene rings is 3. The second kappa shape index (κ2) is 10.2. The average Bonchev–Trinajstić information content (AvgIpc) is 3.06. The van der Waals surface area contributed by atoms with Crippen LogP contribution in [0.5, 0.6) is 11.5 Å². The van der Waals surface area contributed by atoms with Crippen LogP contribution in [-0.4, -0.2) is 18.3 Å². The third-order valence-electron chi connectivity index (χ3n) is 4.71. The van der Waals surface area contributed by atoms with Crippen molar-refractivity contribution in [3.05, 3.63) is 91.2 Å².